The molecule has 7 heteroatoms. The van der Waals surface area contributed by atoms with Crippen LogP contribution in [0.3, 0.4) is 0 Å². The number of aliphatic hydroxyl groups is 3. The molecule has 7 nitrogen and oxygen atoms in total. The smallest absolute Gasteiger partial charge is 0.160 e. The Morgan fingerprint density at radius 1 is 1.00 bits per heavy atom. The second-order valence-electron chi connectivity index (χ2n) is 5.36. The topological polar surface area (TPSA) is 114 Å². The molecule has 0 saturated carbocycles. The molecule has 0 amide bonds. The van der Waals surface area contributed by atoms with E-state index in [1.807, 2.05) is 0 Å². The lowest BCUT2D eigenvalue weighted by Crippen LogP contribution is -2.55. The van der Waals surface area contributed by atoms with Crippen LogP contribution in [0.25, 0.3) is 0 Å². The molecule has 0 aliphatic carbocycles. The number of hydrogen-bond acceptors (Lipinski definition) is 7. The molecular weight excluding hydrogens is 254 g/mol. The molecule has 0 aromatic heterocycles. The van der Waals surface area contributed by atoms with Gasteiger partial charge in [-0.3, -0.25) is 0 Å². The van der Waals surface area contributed by atoms with Gasteiger partial charge in [-0.15, -0.1) is 0 Å². The monoisotopic (exact) mass is 277 g/mol. The van der Waals surface area contributed by atoms with Crippen molar-refractivity contribution in [1.82, 2.24) is 0 Å². The average molecular weight is 277 g/mol. The molecule has 2 fully saturated rings. The van der Waals surface area contributed by atoms with Crippen molar-refractivity contribution in [2.45, 2.75) is 75.8 Å². The van der Waals surface area contributed by atoms with Crippen LogP contribution < -0.4 is 5.73 Å². The van der Waals surface area contributed by atoms with Crippen LogP contribution in [0.15, 0.2) is 0 Å². The molecule has 2 aliphatic heterocycles. The summed E-state index contributed by atoms with van der Waals surface area (Å²) in [6.45, 7) is 3.39. The van der Waals surface area contributed by atoms with Crippen LogP contribution in [0.5, 0.6) is 0 Å². The third-order valence-corrected chi connectivity index (χ3v) is 3.74. The van der Waals surface area contributed by atoms with Gasteiger partial charge in [0.05, 0.1) is 24.4 Å². The molecule has 8 atom stereocenters. The first-order valence-electron chi connectivity index (χ1n) is 6.64. The molecule has 19 heavy (non-hydrogen) atoms. The summed E-state index contributed by atoms with van der Waals surface area (Å²) in [4.78, 5) is 0. The van der Waals surface area contributed by atoms with Gasteiger partial charge in [0.25, 0.3) is 0 Å². The predicted molar refractivity (Wildman–Crippen MR) is 65.0 cm³/mol. The summed E-state index contributed by atoms with van der Waals surface area (Å²) in [6, 6.07) is -0.423. The minimum Gasteiger partial charge on any atom is -0.389 e. The highest BCUT2D eigenvalue weighted by Crippen LogP contribution is 2.26. The zero-order valence-electron chi connectivity index (χ0n) is 11.2. The Balaban J connectivity index is 1.93. The lowest BCUT2D eigenvalue weighted by atomic mass is 9.99. The van der Waals surface area contributed by atoms with E-state index in [4.69, 9.17) is 19.9 Å². The van der Waals surface area contributed by atoms with Crippen LogP contribution in [0.2, 0.25) is 0 Å². The van der Waals surface area contributed by atoms with Crippen molar-refractivity contribution in [3.8, 4) is 0 Å². The first kappa shape index (κ1) is 15.1. The van der Waals surface area contributed by atoms with Gasteiger partial charge in [-0.25, -0.2) is 0 Å². The minimum atomic E-state index is -0.955. The second-order valence-corrected chi connectivity index (χ2v) is 5.36. The molecule has 2 heterocycles. The molecule has 0 spiro atoms. The fourth-order valence-electron chi connectivity index (χ4n) is 2.53. The Hall–Kier alpha value is -0.280. The summed E-state index contributed by atoms with van der Waals surface area (Å²) in [7, 11) is 0. The maximum atomic E-state index is 9.97. The molecular formula is C12H23NO6. The molecule has 5 N–H and O–H groups in total. The van der Waals surface area contributed by atoms with E-state index in [1.165, 1.54) is 0 Å². The van der Waals surface area contributed by atoms with Crippen LogP contribution >= 0.6 is 0 Å². The highest BCUT2D eigenvalue weighted by Gasteiger charge is 2.40. The maximum absolute atomic E-state index is 9.97. The Bertz CT molecular complexity index is 292. The summed E-state index contributed by atoms with van der Waals surface area (Å²) in [5.74, 6) is 0. The van der Waals surface area contributed by atoms with Crippen LogP contribution in [0.1, 0.15) is 26.7 Å². The number of ether oxygens (including phenoxy) is 3. The normalized spacial score (nSPS) is 52.1. The summed E-state index contributed by atoms with van der Waals surface area (Å²) in [5, 5.41) is 29.2. The molecule has 0 radical (unpaired) electrons. The molecule has 0 unspecified atom stereocenters. The maximum Gasteiger partial charge on any atom is 0.160 e. The van der Waals surface area contributed by atoms with E-state index >= 15 is 0 Å². The van der Waals surface area contributed by atoms with Gasteiger partial charge in [-0.2, -0.15) is 0 Å². The van der Waals surface area contributed by atoms with Crippen molar-refractivity contribution in [1.29, 1.82) is 0 Å². The quantitative estimate of drug-likeness (QED) is 0.495. The van der Waals surface area contributed by atoms with Crippen molar-refractivity contribution in [3.05, 3.63) is 0 Å². The van der Waals surface area contributed by atoms with Gasteiger partial charge in [0.15, 0.2) is 12.6 Å². The van der Waals surface area contributed by atoms with E-state index in [0.717, 1.165) is 0 Å². The average Bonchev–Trinajstić information content (AvgIpc) is 2.32. The number of rotatable bonds is 2. The van der Waals surface area contributed by atoms with Crippen LogP contribution in [0, 0.1) is 0 Å². The van der Waals surface area contributed by atoms with Crippen LogP contribution in [-0.2, 0) is 14.2 Å². The molecule has 2 aliphatic rings. The Labute approximate surface area is 112 Å². The Morgan fingerprint density at radius 2 is 1.63 bits per heavy atom. The van der Waals surface area contributed by atoms with E-state index in [0.29, 0.717) is 6.42 Å². The Morgan fingerprint density at radius 3 is 2.26 bits per heavy atom. The van der Waals surface area contributed by atoms with E-state index in [1.54, 1.807) is 13.8 Å². The zero-order chi connectivity index (χ0) is 14.2. The summed E-state index contributed by atoms with van der Waals surface area (Å²) < 4.78 is 16.3. The van der Waals surface area contributed by atoms with Gasteiger partial charge in [-0.1, -0.05) is 0 Å². The van der Waals surface area contributed by atoms with Crippen molar-refractivity contribution in [2.24, 2.45) is 5.73 Å². The highest BCUT2D eigenvalue weighted by atomic mass is 16.7. The fraction of sp³-hybridized carbons (Fsp3) is 1.00. The first-order valence-corrected chi connectivity index (χ1v) is 6.64. The number of hydrogen-bond donors (Lipinski definition) is 4. The van der Waals surface area contributed by atoms with Gasteiger partial charge in [0, 0.05) is 18.9 Å². The van der Waals surface area contributed by atoms with Crippen LogP contribution in [-0.4, -0.2) is 64.5 Å². The van der Waals surface area contributed by atoms with Crippen molar-refractivity contribution >= 4 is 0 Å². The first-order chi connectivity index (χ1) is 8.88. The largest absolute Gasteiger partial charge is 0.389 e. The molecule has 112 valence electrons. The minimum absolute atomic E-state index is 0.178. The zero-order valence-corrected chi connectivity index (χ0v) is 11.2. The standard InChI is InChI=1S/C12H23NO6/c1-5-11(15)7(13)3-10(18-5)19-8-4-9(14)17-6(2)12(8)16/h5-12,14-16H,3-4,13H2,1-2H3/t5-,6-,7-,8-,9+,10-,11+,12-/m0/s1. The van der Waals surface area contributed by atoms with Gasteiger partial charge >= 0.3 is 0 Å². The summed E-state index contributed by atoms with van der Waals surface area (Å²) >= 11 is 0. The molecule has 2 saturated heterocycles. The van der Waals surface area contributed by atoms with Gasteiger partial charge in [0.1, 0.15) is 6.10 Å². The fourth-order valence-corrected chi connectivity index (χ4v) is 2.53. The van der Waals surface area contributed by atoms with Gasteiger partial charge < -0.3 is 35.3 Å². The van der Waals surface area contributed by atoms with Crippen LogP contribution in [0.4, 0.5) is 0 Å². The molecule has 0 aromatic rings. The lowest BCUT2D eigenvalue weighted by molar-refractivity contribution is -0.291. The van der Waals surface area contributed by atoms with Gasteiger partial charge in [0.2, 0.25) is 0 Å². The van der Waals surface area contributed by atoms with E-state index in [-0.39, 0.29) is 6.42 Å². The SMILES string of the molecule is C[C@@H]1O[C@@H](O[C@H]2C[C@H](O)O[C@@H](C)[C@@H]2O)C[C@H](N)[C@@H]1O. The lowest BCUT2D eigenvalue weighted by Gasteiger charge is -2.41. The van der Waals surface area contributed by atoms with Gasteiger partial charge in [-0.05, 0) is 13.8 Å². The molecule has 2 rings (SSSR count). The predicted octanol–water partition coefficient (Wildman–Crippen LogP) is -1.32. The van der Waals surface area contributed by atoms with E-state index in [9.17, 15) is 15.3 Å². The number of nitrogens with two attached hydrogens (primary N) is 1. The Kier molecular flexibility index (Phi) is 4.78. The molecule has 0 aromatic carbocycles. The second kappa shape index (κ2) is 6.01. The third kappa shape index (κ3) is 3.43. The summed E-state index contributed by atoms with van der Waals surface area (Å²) in [6.07, 6.45) is -4.07. The van der Waals surface area contributed by atoms with Crippen molar-refractivity contribution in [2.75, 3.05) is 0 Å². The highest BCUT2D eigenvalue weighted by molar-refractivity contribution is 4.86. The number of aliphatic hydroxyl groups excluding tert-OH is 3. The van der Waals surface area contributed by atoms with E-state index in [2.05, 4.69) is 0 Å². The summed E-state index contributed by atoms with van der Waals surface area (Å²) in [5.41, 5.74) is 5.81. The van der Waals surface area contributed by atoms with Crippen molar-refractivity contribution in [3.63, 3.8) is 0 Å². The molecule has 0 bridgehead atoms. The van der Waals surface area contributed by atoms with Crippen molar-refractivity contribution < 1.29 is 29.5 Å². The van der Waals surface area contributed by atoms with E-state index < -0.39 is 49.1 Å². The third-order valence-electron chi connectivity index (χ3n) is 3.74.